The topological polar surface area (TPSA) is 3.24 Å². The zero-order chi connectivity index (χ0) is 9.61. The highest BCUT2D eigenvalue weighted by Crippen LogP contribution is 2.26. The molecule has 1 saturated heterocycles. The monoisotopic (exact) mass is 171 g/mol. The van der Waals surface area contributed by atoms with Gasteiger partial charge in [0.25, 0.3) is 0 Å². The maximum Gasteiger partial charge on any atom is 0.0153 e. The highest BCUT2D eigenvalue weighted by atomic mass is 15.2. The summed E-state index contributed by atoms with van der Waals surface area (Å²) >= 11 is 0. The molecular formula is C11H25N. The van der Waals surface area contributed by atoms with E-state index in [1.54, 1.807) is 0 Å². The molecule has 12 heavy (non-hydrogen) atoms. The standard InChI is InChI=1S/C9H19N.C2H6/c1-4-10-8-6-5-7-9(10,2)3;1-2/h4-8H2,1-3H3;1-2H3. The zero-order valence-electron chi connectivity index (χ0n) is 9.48. The highest BCUT2D eigenvalue weighted by molar-refractivity contribution is 4.84. The van der Waals surface area contributed by atoms with Gasteiger partial charge in [-0.25, -0.2) is 0 Å². The summed E-state index contributed by atoms with van der Waals surface area (Å²) < 4.78 is 0. The molecule has 1 fully saturated rings. The van der Waals surface area contributed by atoms with Crippen molar-refractivity contribution < 1.29 is 0 Å². The van der Waals surface area contributed by atoms with Crippen LogP contribution in [0.1, 0.15) is 53.9 Å². The van der Waals surface area contributed by atoms with Gasteiger partial charge in [-0.3, -0.25) is 4.90 Å². The van der Waals surface area contributed by atoms with Crippen LogP contribution in [0.3, 0.4) is 0 Å². The molecule has 1 aliphatic rings. The van der Waals surface area contributed by atoms with Crippen molar-refractivity contribution in [3.63, 3.8) is 0 Å². The Balaban J connectivity index is 0.000000561. The molecule has 0 bridgehead atoms. The first-order valence-corrected chi connectivity index (χ1v) is 5.42. The van der Waals surface area contributed by atoms with E-state index in [-0.39, 0.29) is 0 Å². The van der Waals surface area contributed by atoms with E-state index in [4.69, 9.17) is 0 Å². The van der Waals surface area contributed by atoms with Crippen molar-refractivity contribution in [1.29, 1.82) is 0 Å². The first-order valence-electron chi connectivity index (χ1n) is 5.42. The second kappa shape index (κ2) is 5.58. The summed E-state index contributed by atoms with van der Waals surface area (Å²) in [4.78, 5) is 2.58. The first kappa shape index (κ1) is 12.0. The van der Waals surface area contributed by atoms with E-state index >= 15 is 0 Å². The van der Waals surface area contributed by atoms with Crippen molar-refractivity contribution >= 4 is 0 Å². The van der Waals surface area contributed by atoms with Gasteiger partial charge in [-0.15, -0.1) is 0 Å². The van der Waals surface area contributed by atoms with E-state index in [1.807, 2.05) is 13.8 Å². The molecule has 0 spiro atoms. The van der Waals surface area contributed by atoms with Crippen LogP contribution in [0.25, 0.3) is 0 Å². The van der Waals surface area contributed by atoms with Gasteiger partial charge in [0.15, 0.2) is 0 Å². The summed E-state index contributed by atoms with van der Waals surface area (Å²) in [6.07, 6.45) is 4.20. The largest absolute Gasteiger partial charge is 0.298 e. The van der Waals surface area contributed by atoms with Crippen molar-refractivity contribution in [3.8, 4) is 0 Å². The van der Waals surface area contributed by atoms with Gasteiger partial charge in [-0.05, 0) is 39.8 Å². The van der Waals surface area contributed by atoms with Gasteiger partial charge in [0.05, 0.1) is 0 Å². The Kier molecular flexibility index (Phi) is 5.56. The lowest BCUT2D eigenvalue weighted by atomic mass is 9.91. The summed E-state index contributed by atoms with van der Waals surface area (Å²) in [5, 5.41) is 0. The Morgan fingerprint density at radius 1 is 1.17 bits per heavy atom. The normalized spacial score (nSPS) is 22.8. The third-order valence-electron chi connectivity index (χ3n) is 2.70. The second-order valence-corrected chi connectivity index (χ2v) is 3.85. The predicted octanol–water partition coefficient (Wildman–Crippen LogP) is 3.30. The molecule has 1 nitrogen and oxygen atoms in total. The number of hydrogen-bond donors (Lipinski definition) is 0. The molecule has 1 heteroatoms. The molecule has 0 atom stereocenters. The van der Waals surface area contributed by atoms with E-state index in [1.165, 1.54) is 32.4 Å². The van der Waals surface area contributed by atoms with Gasteiger partial charge in [0.1, 0.15) is 0 Å². The Labute approximate surface area is 78.1 Å². The lowest BCUT2D eigenvalue weighted by molar-refractivity contribution is 0.0834. The Hall–Kier alpha value is -0.0400. The van der Waals surface area contributed by atoms with Gasteiger partial charge >= 0.3 is 0 Å². The molecule has 74 valence electrons. The van der Waals surface area contributed by atoms with E-state index in [0.29, 0.717) is 5.54 Å². The number of rotatable bonds is 1. The molecule has 0 unspecified atom stereocenters. The molecule has 0 aromatic rings. The van der Waals surface area contributed by atoms with E-state index in [2.05, 4.69) is 25.7 Å². The molecule has 0 saturated carbocycles. The van der Waals surface area contributed by atoms with Crippen molar-refractivity contribution in [2.24, 2.45) is 0 Å². The second-order valence-electron chi connectivity index (χ2n) is 3.85. The van der Waals surface area contributed by atoms with Crippen LogP contribution in [0.2, 0.25) is 0 Å². The van der Waals surface area contributed by atoms with E-state index < -0.39 is 0 Å². The van der Waals surface area contributed by atoms with Crippen LogP contribution < -0.4 is 0 Å². The number of hydrogen-bond acceptors (Lipinski definition) is 1. The van der Waals surface area contributed by atoms with Gasteiger partial charge in [0.2, 0.25) is 0 Å². The molecule has 0 amide bonds. The van der Waals surface area contributed by atoms with Crippen molar-refractivity contribution in [1.82, 2.24) is 4.90 Å². The molecule has 0 aliphatic carbocycles. The summed E-state index contributed by atoms with van der Waals surface area (Å²) in [7, 11) is 0. The minimum atomic E-state index is 0.479. The maximum atomic E-state index is 2.58. The molecule has 0 aromatic carbocycles. The maximum absolute atomic E-state index is 2.58. The molecule has 0 N–H and O–H groups in total. The molecule has 1 rings (SSSR count). The minimum Gasteiger partial charge on any atom is -0.298 e. The van der Waals surface area contributed by atoms with Crippen molar-refractivity contribution in [3.05, 3.63) is 0 Å². The van der Waals surface area contributed by atoms with Crippen LogP contribution in [0.15, 0.2) is 0 Å². The van der Waals surface area contributed by atoms with Crippen LogP contribution in [-0.2, 0) is 0 Å². The van der Waals surface area contributed by atoms with Gasteiger partial charge in [-0.1, -0.05) is 27.2 Å². The molecular weight excluding hydrogens is 146 g/mol. The number of piperidine rings is 1. The fourth-order valence-corrected chi connectivity index (χ4v) is 1.91. The highest BCUT2D eigenvalue weighted by Gasteiger charge is 2.27. The minimum absolute atomic E-state index is 0.479. The smallest absolute Gasteiger partial charge is 0.0153 e. The lowest BCUT2D eigenvalue weighted by Gasteiger charge is -2.41. The molecule has 1 aliphatic heterocycles. The SMILES string of the molecule is CC.CCN1CCCCC1(C)C. The molecule has 0 aromatic heterocycles. The average Bonchev–Trinajstić information content (AvgIpc) is 2.07. The van der Waals surface area contributed by atoms with Crippen LogP contribution in [0.4, 0.5) is 0 Å². The quantitative estimate of drug-likeness (QED) is 0.585. The summed E-state index contributed by atoms with van der Waals surface area (Å²) in [5.41, 5.74) is 0.479. The molecule has 0 radical (unpaired) electrons. The number of nitrogens with zero attached hydrogens (tertiary/aromatic N) is 1. The number of likely N-dealkylation sites (tertiary alicyclic amines) is 1. The lowest BCUT2D eigenvalue weighted by Crippen LogP contribution is -2.46. The Morgan fingerprint density at radius 2 is 1.75 bits per heavy atom. The van der Waals surface area contributed by atoms with E-state index in [0.717, 1.165) is 0 Å². The summed E-state index contributed by atoms with van der Waals surface area (Å²) in [6.45, 7) is 13.5. The van der Waals surface area contributed by atoms with E-state index in [9.17, 15) is 0 Å². The zero-order valence-corrected chi connectivity index (χ0v) is 9.48. The van der Waals surface area contributed by atoms with Gasteiger partial charge in [-0.2, -0.15) is 0 Å². The summed E-state index contributed by atoms with van der Waals surface area (Å²) in [5.74, 6) is 0. The van der Waals surface area contributed by atoms with Crippen LogP contribution in [0, 0.1) is 0 Å². The van der Waals surface area contributed by atoms with Crippen LogP contribution >= 0.6 is 0 Å². The van der Waals surface area contributed by atoms with Gasteiger partial charge in [0, 0.05) is 5.54 Å². The first-order chi connectivity index (χ1) is 5.67. The van der Waals surface area contributed by atoms with Crippen LogP contribution in [0.5, 0.6) is 0 Å². The van der Waals surface area contributed by atoms with Crippen LogP contribution in [-0.4, -0.2) is 23.5 Å². The Bertz CT molecular complexity index is 108. The Morgan fingerprint density at radius 3 is 2.08 bits per heavy atom. The predicted molar refractivity (Wildman–Crippen MR) is 56.5 cm³/mol. The third-order valence-corrected chi connectivity index (χ3v) is 2.70. The third kappa shape index (κ3) is 3.14. The molecule has 1 heterocycles. The van der Waals surface area contributed by atoms with Crippen molar-refractivity contribution in [2.45, 2.75) is 59.4 Å². The van der Waals surface area contributed by atoms with Crippen molar-refractivity contribution in [2.75, 3.05) is 13.1 Å². The fourth-order valence-electron chi connectivity index (χ4n) is 1.91. The average molecular weight is 171 g/mol. The summed E-state index contributed by atoms with van der Waals surface area (Å²) in [6, 6.07) is 0. The van der Waals surface area contributed by atoms with Gasteiger partial charge < -0.3 is 0 Å². The fraction of sp³-hybridized carbons (Fsp3) is 1.00.